The average Bonchev–Trinajstić information content (AvgIpc) is 2.97. The highest BCUT2D eigenvalue weighted by Gasteiger charge is 2.09. The fourth-order valence-electron chi connectivity index (χ4n) is 2.08. The van der Waals surface area contributed by atoms with Gasteiger partial charge in [0.15, 0.2) is 5.82 Å². The van der Waals surface area contributed by atoms with E-state index in [1.807, 2.05) is 31.2 Å². The number of hydrogen-bond acceptors (Lipinski definition) is 6. The van der Waals surface area contributed by atoms with Crippen LogP contribution in [0.2, 0.25) is 0 Å². The molecule has 1 unspecified atom stereocenters. The summed E-state index contributed by atoms with van der Waals surface area (Å²) in [4.78, 5) is 16.0. The van der Waals surface area contributed by atoms with E-state index in [0.29, 0.717) is 31.1 Å². The summed E-state index contributed by atoms with van der Waals surface area (Å²) in [5.41, 5.74) is 1.83. The van der Waals surface area contributed by atoms with Crippen LogP contribution in [0.3, 0.4) is 0 Å². The van der Waals surface area contributed by atoms with Crippen LogP contribution in [0, 0.1) is 6.92 Å². The number of amides is 1. The Hall–Kier alpha value is -2.41. The summed E-state index contributed by atoms with van der Waals surface area (Å²) in [5.74, 6) is 1.05. The van der Waals surface area contributed by atoms with Gasteiger partial charge in [-0.25, -0.2) is 0 Å². The lowest BCUT2D eigenvalue weighted by Crippen LogP contribution is -2.37. The third-order valence-electron chi connectivity index (χ3n) is 3.42. The molecule has 0 aliphatic heterocycles. The van der Waals surface area contributed by atoms with Crippen LogP contribution in [-0.2, 0) is 17.8 Å². The molecule has 7 nitrogen and oxygen atoms in total. The summed E-state index contributed by atoms with van der Waals surface area (Å²) in [7, 11) is 0. The number of hydrogen-bond donors (Lipinski definition) is 3. The molecule has 1 aromatic heterocycles. The second kappa shape index (κ2) is 8.28. The number of aliphatic hydroxyl groups excluding tert-OH is 1. The highest BCUT2D eigenvalue weighted by molar-refractivity contribution is 5.79. The molecule has 3 N–H and O–H groups in total. The van der Waals surface area contributed by atoms with Crippen molar-refractivity contribution in [3.05, 3.63) is 41.5 Å². The van der Waals surface area contributed by atoms with E-state index in [4.69, 9.17) is 9.63 Å². The number of carbonyl (C=O) groups is 1. The SMILES string of the molecule is CCC(CO)NC(=O)Cc1ccc(NCc2noc(C)n2)cc1. The summed E-state index contributed by atoms with van der Waals surface area (Å²) in [6.07, 6.45) is 1.00. The Morgan fingerprint density at radius 3 is 2.65 bits per heavy atom. The van der Waals surface area contributed by atoms with Gasteiger partial charge < -0.3 is 20.3 Å². The summed E-state index contributed by atoms with van der Waals surface area (Å²) in [6, 6.07) is 7.41. The van der Waals surface area contributed by atoms with Crippen LogP contribution in [0.5, 0.6) is 0 Å². The molecule has 0 spiro atoms. The zero-order valence-corrected chi connectivity index (χ0v) is 13.4. The molecule has 23 heavy (non-hydrogen) atoms. The van der Waals surface area contributed by atoms with E-state index in [1.54, 1.807) is 6.92 Å². The Kier molecular flexibility index (Phi) is 6.10. The predicted molar refractivity (Wildman–Crippen MR) is 85.8 cm³/mol. The van der Waals surface area contributed by atoms with Crippen LogP contribution in [0.25, 0.3) is 0 Å². The first-order valence-corrected chi connectivity index (χ1v) is 7.63. The minimum absolute atomic E-state index is 0.0410. The molecule has 2 rings (SSSR count). The maximum atomic E-state index is 11.9. The van der Waals surface area contributed by atoms with Crippen LogP contribution < -0.4 is 10.6 Å². The smallest absolute Gasteiger partial charge is 0.224 e. The second-order valence-electron chi connectivity index (χ2n) is 5.31. The van der Waals surface area contributed by atoms with E-state index in [2.05, 4.69) is 20.8 Å². The molecule has 124 valence electrons. The molecule has 0 fully saturated rings. The molecule has 1 amide bonds. The lowest BCUT2D eigenvalue weighted by atomic mass is 10.1. The number of rotatable bonds is 8. The van der Waals surface area contributed by atoms with E-state index >= 15 is 0 Å². The zero-order valence-electron chi connectivity index (χ0n) is 13.4. The van der Waals surface area contributed by atoms with Gasteiger partial charge in [-0.05, 0) is 24.1 Å². The van der Waals surface area contributed by atoms with Crippen molar-refractivity contribution >= 4 is 11.6 Å². The standard InChI is InChI=1S/C16H22N4O3/c1-3-13(10-21)19-16(22)8-12-4-6-14(7-5-12)17-9-15-18-11(2)23-20-15/h4-7,13,17,21H,3,8-10H2,1-2H3,(H,19,22). The fraction of sp³-hybridized carbons (Fsp3) is 0.438. The van der Waals surface area contributed by atoms with Gasteiger partial charge in [0.2, 0.25) is 11.8 Å². The van der Waals surface area contributed by atoms with Gasteiger partial charge in [0.1, 0.15) is 0 Å². The largest absolute Gasteiger partial charge is 0.394 e. The van der Waals surface area contributed by atoms with Crippen LogP contribution in [0.15, 0.2) is 28.8 Å². The number of aliphatic hydroxyl groups is 1. The van der Waals surface area contributed by atoms with Crippen molar-refractivity contribution in [3.8, 4) is 0 Å². The highest BCUT2D eigenvalue weighted by atomic mass is 16.5. The molecule has 1 aromatic carbocycles. The van der Waals surface area contributed by atoms with E-state index in [-0.39, 0.29) is 18.6 Å². The summed E-state index contributed by atoms with van der Waals surface area (Å²) < 4.78 is 4.90. The Bertz CT molecular complexity index is 621. The van der Waals surface area contributed by atoms with Crippen LogP contribution >= 0.6 is 0 Å². The third kappa shape index (κ3) is 5.37. The second-order valence-corrected chi connectivity index (χ2v) is 5.31. The Labute approximate surface area is 135 Å². The lowest BCUT2D eigenvalue weighted by Gasteiger charge is -2.14. The average molecular weight is 318 g/mol. The van der Waals surface area contributed by atoms with Crippen molar-refractivity contribution in [1.29, 1.82) is 0 Å². The van der Waals surface area contributed by atoms with Gasteiger partial charge in [-0.15, -0.1) is 0 Å². The Morgan fingerprint density at radius 2 is 2.09 bits per heavy atom. The van der Waals surface area contributed by atoms with Crippen molar-refractivity contribution in [2.75, 3.05) is 11.9 Å². The van der Waals surface area contributed by atoms with Gasteiger partial charge in [-0.1, -0.05) is 24.2 Å². The topological polar surface area (TPSA) is 100 Å². The Balaban J connectivity index is 1.83. The molecule has 0 saturated heterocycles. The fourth-order valence-corrected chi connectivity index (χ4v) is 2.08. The molecule has 0 bridgehead atoms. The van der Waals surface area contributed by atoms with Crippen LogP contribution in [-0.4, -0.2) is 33.8 Å². The van der Waals surface area contributed by atoms with Gasteiger partial charge in [0.25, 0.3) is 0 Å². The summed E-state index contributed by atoms with van der Waals surface area (Å²) >= 11 is 0. The quantitative estimate of drug-likeness (QED) is 0.680. The van der Waals surface area contributed by atoms with E-state index in [0.717, 1.165) is 11.3 Å². The molecule has 1 atom stereocenters. The third-order valence-corrected chi connectivity index (χ3v) is 3.42. The van der Waals surface area contributed by atoms with Crippen LogP contribution in [0.4, 0.5) is 5.69 Å². The maximum Gasteiger partial charge on any atom is 0.224 e. The maximum absolute atomic E-state index is 11.9. The van der Waals surface area contributed by atoms with Crippen molar-refractivity contribution in [2.24, 2.45) is 0 Å². The number of aromatic nitrogens is 2. The first-order chi connectivity index (χ1) is 11.1. The zero-order chi connectivity index (χ0) is 16.7. The Morgan fingerprint density at radius 1 is 1.35 bits per heavy atom. The normalized spacial score (nSPS) is 12.0. The van der Waals surface area contributed by atoms with Crippen LogP contribution in [0.1, 0.15) is 30.6 Å². The van der Waals surface area contributed by atoms with E-state index < -0.39 is 0 Å². The van der Waals surface area contributed by atoms with Crippen molar-refractivity contribution in [2.45, 2.75) is 39.3 Å². The van der Waals surface area contributed by atoms with Crippen molar-refractivity contribution in [1.82, 2.24) is 15.5 Å². The molecule has 7 heteroatoms. The molecule has 1 heterocycles. The molecular formula is C16H22N4O3. The van der Waals surface area contributed by atoms with Gasteiger partial charge in [-0.2, -0.15) is 4.98 Å². The van der Waals surface area contributed by atoms with Crippen molar-refractivity contribution < 1.29 is 14.4 Å². The minimum atomic E-state index is -0.179. The summed E-state index contributed by atoms with van der Waals surface area (Å²) in [5, 5.41) is 18.9. The van der Waals surface area contributed by atoms with E-state index in [9.17, 15) is 4.79 Å². The number of nitrogens with zero attached hydrogens (tertiary/aromatic N) is 2. The molecular weight excluding hydrogens is 296 g/mol. The van der Waals surface area contributed by atoms with Gasteiger partial charge >= 0.3 is 0 Å². The van der Waals surface area contributed by atoms with E-state index in [1.165, 1.54) is 0 Å². The molecule has 0 aliphatic carbocycles. The van der Waals surface area contributed by atoms with Gasteiger partial charge in [-0.3, -0.25) is 4.79 Å². The molecule has 2 aromatic rings. The lowest BCUT2D eigenvalue weighted by molar-refractivity contribution is -0.121. The van der Waals surface area contributed by atoms with Gasteiger partial charge in [0, 0.05) is 12.6 Å². The minimum Gasteiger partial charge on any atom is -0.394 e. The first-order valence-electron chi connectivity index (χ1n) is 7.63. The number of anilines is 1. The summed E-state index contributed by atoms with van der Waals surface area (Å²) in [6.45, 7) is 4.11. The first kappa shape index (κ1) is 17.0. The van der Waals surface area contributed by atoms with Crippen molar-refractivity contribution in [3.63, 3.8) is 0 Å². The monoisotopic (exact) mass is 318 g/mol. The number of benzene rings is 1. The number of nitrogens with one attached hydrogen (secondary N) is 2. The van der Waals surface area contributed by atoms with Gasteiger partial charge in [0.05, 0.1) is 25.6 Å². The predicted octanol–water partition coefficient (Wildman–Crippen LogP) is 1.42. The molecule has 0 saturated carbocycles. The number of carbonyl (C=O) groups excluding carboxylic acids is 1. The molecule has 0 aliphatic rings. The number of aryl methyl sites for hydroxylation is 1. The highest BCUT2D eigenvalue weighted by Crippen LogP contribution is 2.11. The molecule has 0 radical (unpaired) electrons.